The number of ether oxygens (including phenoxy) is 1. The molecule has 0 saturated heterocycles. The van der Waals surface area contributed by atoms with E-state index in [9.17, 15) is 4.79 Å². The molecule has 8 heteroatoms. The van der Waals surface area contributed by atoms with Crippen LogP contribution in [0.4, 0.5) is 5.69 Å². The number of methoxy groups -OCH3 is 1. The quantitative estimate of drug-likeness (QED) is 0.285. The van der Waals surface area contributed by atoms with E-state index in [1.165, 1.54) is 0 Å². The van der Waals surface area contributed by atoms with Gasteiger partial charge in [-0.05, 0) is 37.7 Å². The monoisotopic (exact) mass is 427 g/mol. The van der Waals surface area contributed by atoms with Crippen LogP contribution < -0.4 is 16.0 Å². The zero-order valence-corrected chi connectivity index (χ0v) is 17.4. The molecule has 7 nitrogen and oxygen atoms in total. The maximum Gasteiger partial charge on any atom is 0.226 e. The highest BCUT2D eigenvalue weighted by Gasteiger charge is 2.04. The molecule has 146 valence electrons. The molecule has 1 rings (SSSR count). The summed E-state index contributed by atoms with van der Waals surface area (Å²) >= 11 is 3.37. The Bertz CT molecular complexity index is 551. The van der Waals surface area contributed by atoms with E-state index in [0.717, 1.165) is 42.8 Å². The van der Waals surface area contributed by atoms with Crippen molar-refractivity contribution in [2.45, 2.75) is 12.8 Å². The van der Waals surface area contributed by atoms with Gasteiger partial charge in [0.25, 0.3) is 0 Å². The first-order valence-corrected chi connectivity index (χ1v) is 9.52. The SMILES string of the molecule is CN=C(NCCC(=O)Nc1ccc(Br)cc1)NCCN(C)CCCOC. The van der Waals surface area contributed by atoms with Crippen LogP contribution in [-0.2, 0) is 9.53 Å². The Balaban J connectivity index is 2.17. The van der Waals surface area contributed by atoms with Crippen LogP contribution in [0.2, 0.25) is 0 Å². The maximum absolute atomic E-state index is 12.0. The van der Waals surface area contributed by atoms with Crippen LogP contribution in [0.25, 0.3) is 0 Å². The second kappa shape index (κ2) is 13.5. The first-order chi connectivity index (χ1) is 12.5. The van der Waals surface area contributed by atoms with Crippen LogP contribution in [0.5, 0.6) is 0 Å². The van der Waals surface area contributed by atoms with Crippen LogP contribution in [0, 0.1) is 0 Å². The largest absolute Gasteiger partial charge is 0.385 e. The fourth-order valence-corrected chi connectivity index (χ4v) is 2.49. The lowest BCUT2D eigenvalue weighted by Gasteiger charge is -2.18. The third-order valence-corrected chi connectivity index (χ3v) is 4.20. The van der Waals surface area contributed by atoms with Crippen molar-refractivity contribution in [3.05, 3.63) is 28.7 Å². The van der Waals surface area contributed by atoms with Crippen molar-refractivity contribution in [1.82, 2.24) is 15.5 Å². The second-order valence-corrected chi connectivity index (χ2v) is 6.80. The van der Waals surface area contributed by atoms with E-state index in [1.807, 2.05) is 24.3 Å². The van der Waals surface area contributed by atoms with Crippen LogP contribution in [-0.4, -0.2) is 70.8 Å². The number of nitrogens with one attached hydrogen (secondary N) is 3. The number of hydrogen-bond acceptors (Lipinski definition) is 4. The lowest BCUT2D eigenvalue weighted by atomic mass is 10.3. The van der Waals surface area contributed by atoms with E-state index < -0.39 is 0 Å². The molecule has 26 heavy (non-hydrogen) atoms. The summed E-state index contributed by atoms with van der Waals surface area (Å²) in [6.45, 7) is 4.00. The van der Waals surface area contributed by atoms with Gasteiger partial charge in [0.15, 0.2) is 5.96 Å². The van der Waals surface area contributed by atoms with E-state index >= 15 is 0 Å². The van der Waals surface area contributed by atoms with Crippen molar-refractivity contribution in [2.24, 2.45) is 4.99 Å². The minimum atomic E-state index is -0.0341. The van der Waals surface area contributed by atoms with Gasteiger partial charge in [0.2, 0.25) is 5.91 Å². The first-order valence-electron chi connectivity index (χ1n) is 8.72. The Labute approximate surface area is 164 Å². The highest BCUT2D eigenvalue weighted by atomic mass is 79.9. The molecule has 0 heterocycles. The number of carbonyl (C=O) groups is 1. The number of aliphatic imine (C=N–C) groups is 1. The Morgan fingerprint density at radius 2 is 1.88 bits per heavy atom. The standard InChI is InChI=1S/C18H30BrN5O2/c1-20-18(22-11-13-24(2)12-4-14-26-3)21-10-9-17(25)23-16-7-5-15(19)6-8-16/h5-8H,4,9-14H2,1-3H3,(H,23,25)(H2,20,21,22). The Morgan fingerprint density at radius 1 is 1.19 bits per heavy atom. The number of nitrogens with zero attached hydrogens (tertiary/aromatic N) is 2. The fourth-order valence-electron chi connectivity index (χ4n) is 2.23. The van der Waals surface area contributed by atoms with E-state index in [-0.39, 0.29) is 5.91 Å². The number of benzene rings is 1. The molecule has 0 aromatic heterocycles. The number of anilines is 1. The third-order valence-electron chi connectivity index (χ3n) is 3.67. The molecular weight excluding hydrogens is 398 g/mol. The first kappa shape index (κ1) is 22.4. The summed E-state index contributed by atoms with van der Waals surface area (Å²) < 4.78 is 6.04. The number of rotatable bonds is 11. The Hall–Kier alpha value is -1.64. The summed E-state index contributed by atoms with van der Waals surface area (Å²) in [4.78, 5) is 18.4. The zero-order valence-electron chi connectivity index (χ0n) is 15.8. The molecule has 0 atom stereocenters. The molecule has 0 spiro atoms. The summed E-state index contributed by atoms with van der Waals surface area (Å²) in [7, 11) is 5.52. The zero-order chi connectivity index (χ0) is 19.2. The van der Waals surface area contributed by atoms with Crippen LogP contribution in [0.1, 0.15) is 12.8 Å². The molecule has 1 amide bonds. The van der Waals surface area contributed by atoms with Crippen molar-refractivity contribution < 1.29 is 9.53 Å². The molecule has 0 aliphatic carbocycles. The van der Waals surface area contributed by atoms with Gasteiger partial charge in [-0.15, -0.1) is 0 Å². The van der Waals surface area contributed by atoms with Gasteiger partial charge in [-0.25, -0.2) is 0 Å². The molecule has 0 aliphatic rings. The smallest absolute Gasteiger partial charge is 0.226 e. The van der Waals surface area contributed by atoms with Crippen molar-refractivity contribution in [1.29, 1.82) is 0 Å². The number of amides is 1. The van der Waals surface area contributed by atoms with E-state index in [1.54, 1.807) is 14.2 Å². The highest BCUT2D eigenvalue weighted by molar-refractivity contribution is 9.10. The second-order valence-electron chi connectivity index (χ2n) is 5.88. The molecule has 0 fully saturated rings. The molecule has 1 aromatic rings. The highest BCUT2D eigenvalue weighted by Crippen LogP contribution is 2.14. The third kappa shape index (κ3) is 10.4. The summed E-state index contributed by atoms with van der Waals surface area (Å²) in [5, 5.41) is 9.27. The molecule has 1 aromatic carbocycles. The van der Waals surface area contributed by atoms with Crippen molar-refractivity contribution >= 4 is 33.5 Å². The predicted molar refractivity (Wildman–Crippen MR) is 111 cm³/mol. The summed E-state index contributed by atoms with van der Waals surface area (Å²) in [5.41, 5.74) is 0.789. The van der Waals surface area contributed by atoms with Crippen LogP contribution >= 0.6 is 15.9 Å². The van der Waals surface area contributed by atoms with Crippen molar-refractivity contribution in [3.8, 4) is 0 Å². The van der Waals surface area contributed by atoms with Gasteiger partial charge >= 0.3 is 0 Å². The predicted octanol–water partition coefficient (Wildman–Crippen LogP) is 1.91. The fraction of sp³-hybridized carbons (Fsp3) is 0.556. The molecule has 3 N–H and O–H groups in total. The normalized spacial score (nSPS) is 11.5. The number of carbonyl (C=O) groups excluding carboxylic acids is 1. The Kier molecular flexibility index (Phi) is 11.7. The lowest BCUT2D eigenvalue weighted by Crippen LogP contribution is -2.42. The minimum absolute atomic E-state index is 0.0341. The van der Waals surface area contributed by atoms with Crippen LogP contribution in [0.3, 0.4) is 0 Å². The topological polar surface area (TPSA) is 78.0 Å². The molecule has 0 radical (unpaired) electrons. The lowest BCUT2D eigenvalue weighted by molar-refractivity contribution is -0.116. The van der Waals surface area contributed by atoms with Gasteiger partial charge in [0, 0.05) is 63.5 Å². The van der Waals surface area contributed by atoms with Gasteiger partial charge in [-0.3, -0.25) is 9.79 Å². The van der Waals surface area contributed by atoms with Crippen LogP contribution in [0.15, 0.2) is 33.7 Å². The average molecular weight is 428 g/mol. The summed E-state index contributed by atoms with van der Waals surface area (Å²) in [6, 6.07) is 7.51. The van der Waals surface area contributed by atoms with E-state index in [0.29, 0.717) is 18.9 Å². The van der Waals surface area contributed by atoms with Crippen molar-refractivity contribution in [3.63, 3.8) is 0 Å². The number of guanidine groups is 1. The molecular formula is C18H30BrN5O2. The minimum Gasteiger partial charge on any atom is -0.385 e. The molecule has 0 aliphatic heterocycles. The van der Waals surface area contributed by atoms with Gasteiger partial charge in [-0.2, -0.15) is 0 Å². The average Bonchev–Trinajstić information content (AvgIpc) is 2.62. The van der Waals surface area contributed by atoms with Gasteiger partial charge < -0.3 is 25.6 Å². The van der Waals surface area contributed by atoms with Crippen molar-refractivity contribution in [2.75, 3.05) is 59.3 Å². The number of likely N-dealkylation sites (N-methyl/N-ethyl adjacent to an activating group) is 1. The number of hydrogen-bond donors (Lipinski definition) is 3. The molecule has 0 saturated carbocycles. The molecule has 0 unspecified atom stereocenters. The number of halogens is 1. The van der Waals surface area contributed by atoms with E-state index in [2.05, 4.69) is 48.8 Å². The van der Waals surface area contributed by atoms with Gasteiger partial charge in [0.1, 0.15) is 0 Å². The maximum atomic E-state index is 12.0. The van der Waals surface area contributed by atoms with E-state index in [4.69, 9.17) is 4.74 Å². The summed E-state index contributed by atoms with van der Waals surface area (Å²) in [5.74, 6) is 0.667. The molecule has 0 bridgehead atoms. The Morgan fingerprint density at radius 3 is 2.54 bits per heavy atom. The summed E-state index contributed by atoms with van der Waals surface area (Å²) in [6.07, 6.45) is 1.39. The van der Waals surface area contributed by atoms with Gasteiger partial charge in [-0.1, -0.05) is 15.9 Å². The van der Waals surface area contributed by atoms with Gasteiger partial charge in [0.05, 0.1) is 0 Å².